The van der Waals surface area contributed by atoms with E-state index in [9.17, 15) is 4.79 Å². The first kappa shape index (κ1) is 18.4. The maximum atomic E-state index is 12.6. The minimum Gasteiger partial charge on any atom is -0.356 e. The Kier molecular flexibility index (Phi) is 5.05. The van der Waals surface area contributed by atoms with Gasteiger partial charge in [0, 0.05) is 12.1 Å². The molecule has 4 bridgehead atoms. The Balaban J connectivity index is 1.11. The largest absolute Gasteiger partial charge is 0.356 e. The summed E-state index contributed by atoms with van der Waals surface area (Å²) in [4.78, 5) is 12.6. The van der Waals surface area contributed by atoms with Crippen LogP contribution in [0.3, 0.4) is 0 Å². The fourth-order valence-electron chi connectivity index (χ4n) is 5.84. The Labute approximate surface area is 174 Å². The number of aromatic nitrogens is 2. The van der Waals surface area contributed by atoms with Gasteiger partial charge in [0.25, 0.3) is 0 Å². The molecule has 4 aliphatic carbocycles. The van der Waals surface area contributed by atoms with Crippen molar-refractivity contribution in [3.8, 4) is 0 Å². The average molecular weight is 415 g/mol. The van der Waals surface area contributed by atoms with Crippen molar-refractivity contribution >= 4 is 34.1 Å². The van der Waals surface area contributed by atoms with Gasteiger partial charge in [0.15, 0.2) is 4.34 Å². The van der Waals surface area contributed by atoms with Gasteiger partial charge in [-0.15, -0.1) is 10.2 Å². The van der Waals surface area contributed by atoms with Crippen LogP contribution in [0.4, 0.5) is 5.13 Å². The predicted molar refractivity (Wildman–Crippen MR) is 113 cm³/mol. The number of hydrogen-bond acceptors (Lipinski definition) is 6. The van der Waals surface area contributed by atoms with Gasteiger partial charge >= 0.3 is 0 Å². The zero-order chi connectivity index (χ0) is 19.0. The number of nitrogens with one attached hydrogen (secondary N) is 2. The molecule has 0 radical (unpaired) electrons. The Morgan fingerprint density at radius 3 is 2.43 bits per heavy atom. The van der Waals surface area contributed by atoms with E-state index < -0.39 is 0 Å². The average Bonchev–Trinajstić information content (AvgIpc) is 3.12. The van der Waals surface area contributed by atoms with Crippen LogP contribution in [0.1, 0.15) is 44.1 Å². The van der Waals surface area contributed by atoms with Gasteiger partial charge in [0.05, 0.1) is 5.75 Å². The highest BCUT2D eigenvalue weighted by molar-refractivity contribution is 8.01. The summed E-state index contributed by atoms with van der Waals surface area (Å²) in [7, 11) is 0. The standard InChI is InChI=1S/C21H26N4OS2/c26-18(23-21-9-15-6-16(10-21)8-17(7-15)11-21)13-27-20-25-24-19(28-20)22-12-14-4-2-1-3-5-14/h1-5,15-17H,6-13H2,(H,22,24)(H,23,26). The quantitative estimate of drug-likeness (QED) is 0.660. The monoisotopic (exact) mass is 414 g/mol. The lowest BCUT2D eigenvalue weighted by molar-refractivity contribution is -0.124. The molecule has 1 amide bonds. The Morgan fingerprint density at radius 2 is 1.75 bits per heavy atom. The van der Waals surface area contributed by atoms with Crippen molar-refractivity contribution in [1.82, 2.24) is 15.5 Å². The number of rotatable bonds is 7. The first-order valence-corrected chi connectivity index (χ1v) is 12.0. The van der Waals surface area contributed by atoms with Crippen molar-refractivity contribution in [3.63, 3.8) is 0 Å². The second-order valence-electron chi connectivity index (χ2n) is 8.75. The first-order chi connectivity index (χ1) is 13.7. The number of anilines is 1. The van der Waals surface area contributed by atoms with Crippen LogP contribution in [-0.2, 0) is 11.3 Å². The molecule has 0 saturated heterocycles. The van der Waals surface area contributed by atoms with E-state index in [1.165, 1.54) is 67.2 Å². The van der Waals surface area contributed by atoms with E-state index in [0.717, 1.165) is 33.8 Å². The molecule has 0 atom stereocenters. The molecule has 4 fully saturated rings. The van der Waals surface area contributed by atoms with Crippen molar-refractivity contribution in [2.24, 2.45) is 17.8 Å². The zero-order valence-electron chi connectivity index (χ0n) is 15.9. The molecule has 6 rings (SSSR count). The number of amides is 1. The molecule has 28 heavy (non-hydrogen) atoms. The Bertz CT molecular complexity index is 803. The normalized spacial score (nSPS) is 30.4. The summed E-state index contributed by atoms with van der Waals surface area (Å²) in [6.07, 6.45) is 7.78. The molecule has 1 heterocycles. The van der Waals surface area contributed by atoms with Gasteiger partial charge in [-0.25, -0.2) is 0 Å². The number of nitrogens with zero attached hydrogens (tertiary/aromatic N) is 2. The first-order valence-electron chi connectivity index (χ1n) is 10.2. The van der Waals surface area contributed by atoms with E-state index in [1.807, 2.05) is 18.2 Å². The molecule has 2 aromatic rings. The topological polar surface area (TPSA) is 66.9 Å². The molecule has 7 heteroatoms. The molecular formula is C21H26N4OS2. The molecule has 1 aromatic heterocycles. The summed E-state index contributed by atoms with van der Waals surface area (Å²) in [6.45, 7) is 0.729. The second kappa shape index (κ2) is 7.67. The minimum atomic E-state index is 0.0932. The summed E-state index contributed by atoms with van der Waals surface area (Å²) in [5.74, 6) is 3.12. The van der Waals surface area contributed by atoms with Gasteiger partial charge in [-0.3, -0.25) is 4.79 Å². The van der Waals surface area contributed by atoms with Gasteiger partial charge in [-0.05, 0) is 61.8 Å². The summed E-state index contributed by atoms with van der Waals surface area (Å²) < 4.78 is 0.844. The molecule has 148 valence electrons. The molecule has 0 spiro atoms. The van der Waals surface area contributed by atoms with Crippen LogP contribution in [0.5, 0.6) is 0 Å². The van der Waals surface area contributed by atoms with Crippen molar-refractivity contribution in [2.75, 3.05) is 11.1 Å². The van der Waals surface area contributed by atoms with Crippen molar-refractivity contribution in [2.45, 2.75) is 54.9 Å². The number of carbonyl (C=O) groups is 1. The molecule has 0 unspecified atom stereocenters. The van der Waals surface area contributed by atoms with Crippen LogP contribution in [0.2, 0.25) is 0 Å². The molecule has 4 saturated carbocycles. The fraction of sp³-hybridized carbons (Fsp3) is 0.571. The molecule has 2 N–H and O–H groups in total. The van der Waals surface area contributed by atoms with Crippen LogP contribution in [0, 0.1) is 17.8 Å². The van der Waals surface area contributed by atoms with E-state index in [-0.39, 0.29) is 11.4 Å². The number of carbonyl (C=O) groups excluding carboxylic acids is 1. The third-order valence-corrected chi connectivity index (χ3v) is 8.48. The number of benzene rings is 1. The Hall–Kier alpha value is -1.60. The molecule has 1 aromatic carbocycles. The maximum Gasteiger partial charge on any atom is 0.230 e. The van der Waals surface area contributed by atoms with E-state index >= 15 is 0 Å². The summed E-state index contributed by atoms with van der Waals surface area (Å²) in [5.41, 5.74) is 1.30. The lowest BCUT2D eigenvalue weighted by Crippen LogP contribution is -2.60. The lowest BCUT2D eigenvalue weighted by atomic mass is 9.53. The summed E-state index contributed by atoms with van der Waals surface area (Å²) >= 11 is 3.01. The highest BCUT2D eigenvalue weighted by Gasteiger charge is 2.51. The van der Waals surface area contributed by atoms with E-state index in [2.05, 4.69) is 33.0 Å². The molecule has 5 nitrogen and oxygen atoms in total. The van der Waals surface area contributed by atoms with Crippen molar-refractivity contribution in [3.05, 3.63) is 35.9 Å². The smallest absolute Gasteiger partial charge is 0.230 e. The number of thioether (sulfide) groups is 1. The molecule has 4 aliphatic rings. The van der Waals surface area contributed by atoms with Crippen LogP contribution in [0.15, 0.2) is 34.7 Å². The van der Waals surface area contributed by atoms with Crippen molar-refractivity contribution < 1.29 is 4.79 Å². The third kappa shape index (κ3) is 4.06. The number of hydrogen-bond donors (Lipinski definition) is 2. The van der Waals surface area contributed by atoms with Crippen LogP contribution >= 0.6 is 23.1 Å². The van der Waals surface area contributed by atoms with Gasteiger partial charge in [-0.2, -0.15) is 0 Å². The second-order valence-corrected chi connectivity index (χ2v) is 10.9. The van der Waals surface area contributed by atoms with Crippen LogP contribution in [0.25, 0.3) is 0 Å². The SMILES string of the molecule is O=C(CSc1nnc(NCc2ccccc2)s1)NC12CC3CC(CC(C3)C1)C2. The zero-order valence-corrected chi connectivity index (χ0v) is 17.5. The highest BCUT2D eigenvalue weighted by Crippen LogP contribution is 2.55. The summed E-state index contributed by atoms with van der Waals surface area (Å²) in [5, 5.41) is 15.9. The highest BCUT2D eigenvalue weighted by atomic mass is 32.2. The molecule has 0 aliphatic heterocycles. The van der Waals surface area contributed by atoms with Gasteiger partial charge in [-0.1, -0.05) is 53.4 Å². The predicted octanol–water partition coefficient (Wildman–Crippen LogP) is 4.33. The van der Waals surface area contributed by atoms with Crippen molar-refractivity contribution in [1.29, 1.82) is 0 Å². The van der Waals surface area contributed by atoms with E-state index in [1.54, 1.807) is 0 Å². The van der Waals surface area contributed by atoms with Crippen LogP contribution in [-0.4, -0.2) is 27.4 Å². The molecular weight excluding hydrogens is 388 g/mol. The maximum absolute atomic E-state index is 12.6. The van der Waals surface area contributed by atoms with Gasteiger partial charge in [0.2, 0.25) is 11.0 Å². The fourth-order valence-corrected chi connectivity index (χ4v) is 7.38. The third-order valence-electron chi connectivity index (χ3n) is 6.46. The van der Waals surface area contributed by atoms with E-state index in [4.69, 9.17) is 0 Å². The van der Waals surface area contributed by atoms with Gasteiger partial charge < -0.3 is 10.6 Å². The summed E-state index contributed by atoms with van der Waals surface area (Å²) in [6, 6.07) is 10.2. The van der Waals surface area contributed by atoms with Gasteiger partial charge in [0.1, 0.15) is 0 Å². The lowest BCUT2D eigenvalue weighted by Gasteiger charge is -2.56. The Morgan fingerprint density at radius 1 is 1.07 bits per heavy atom. The van der Waals surface area contributed by atoms with E-state index in [0.29, 0.717) is 5.75 Å². The van der Waals surface area contributed by atoms with Crippen LogP contribution < -0.4 is 10.6 Å². The minimum absolute atomic E-state index is 0.0932.